The Balaban J connectivity index is 1.84. The molecule has 0 fully saturated rings. The van der Waals surface area contributed by atoms with E-state index >= 15 is 0 Å². The summed E-state index contributed by atoms with van der Waals surface area (Å²) in [6, 6.07) is 13.0. The molecule has 0 amide bonds. The average Bonchev–Trinajstić information content (AvgIpc) is 2.92. The molecule has 0 saturated carbocycles. The Bertz CT molecular complexity index is 1080. The van der Waals surface area contributed by atoms with Gasteiger partial charge in [-0.15, -0.1) is 0 Å². The van der Waals surface area contributed by atoms with E-state index in [-0.39, 0.29) is 11.2 Å². The van der Waals surface area contributed by atoms with Crippen LogP contribution in [0.2, 0.25) is 0 Å². The zero-order valence-corrected chi connectivity index (χ0v) is 12.6. The second-order valence-corrected chi connectivity index (χ2v) is 5.71. The Kier molecular flexibility index (Phi) is 2.94. The summed E-state index contributed by atoms with van der Waals surface area (Å²) in [5, 5.41) is 14.2. The SMILES string of the molecule is Cn1ncc2[nH]c3ccc(Cc4ccc(O)cc4)cc3c(=O)c21. The first-order chi connectivity index (χ1) is 11.1. The van der Waals surface area contributed by atoms with E-state index in [4.69, 9.17) is 0 Å². The van der Waals surface area contributed by atoms with E-state index in [1.807, 2.05) is 30.3 Å². The summed E-state index contributed by atoms with van der Waals surface area (Å²) < 4.78 is 1.60. The highest BCUT2D eigenvalue weighted by molar-refractivity contribution is 5.90. The van der Waals surface area contributed by atoms with E-state index in [1.54, 1.807) is 30.1 Å². The van der Waals surface area contributed by atoms with Gasteiger partial charge in [0.15, 0.2) is 0 Å². The van der Waals surface area contributed by atoms with Gasteiger partial charge in [-0.3, -0.25) is 9.48 Å². The molecule has 2 N–H and O–H groups in total. The third-order valence-electron chi connectivity index (χ3n) is 4.10. The number of benzene rings is 2. The monoisotopic (exact) mass is 305 g/mol. The molecule has 2 heterocycles. The fraction of sp³-hybridized carbons (Fsp3) is 0.111. The van der Waals surface area contributed by atoms with Crippen molar-refractivity contribution in [2.75, 3.05) is 0 Å². The Morgan fingerprint density at radius 3 is 2.61 bits per heavy atom. The van der Waals surface area contributed by atoms with Crippen molar-refractivity contribution in [3.63, 3.8) is 0 Å². The summed E-state index contributed by atoms with van der Waals surface area (Å²) in [7, 11) is 1.77. The topological polar surface area (TPSA) is 70.9 Å². The van der Waals surface area contributed by atoms with Gasteiger partial charge in [-0.2, -0.15) is 5.10 Å². The van der Waals surface area contributed by atoms with E-state index in [0.29, 0.717) is 17.3 Å². The lowest BCUT2D eigenvalue weighted by Gasteiger charge is -2.05. The number of hydrogen-bond donors (Lipinski definition) is 2. The Hall–Kier alpha value is -3.08. The van der Waals surface area contributed by atoms with E-state index < -0.39 is 0 Å². The largest absolute Gasteiger partial charge is 0.508 e. The predicted octanol–water partition coefficient (Wildman–Crippen LogP) is 2.71. The van der Waals surface area contributed by atoms with Gasteiger partial charge in [0.25, 0.3) is 0 Å². The van der Waals surface area contributed by atoms with Gasteiger partial charge >= 0.3 is 0 Å². The molecule has 0 aliphatic rings. The van der Waals surface area contributed by atoms with Crippen LogP contribution in [0.1, 0.15) is 11.1 Å². The number of rotatable bonds is 2. The number of nitrogens with zero attached hydrogens (tertiary/aromatic N) is 2. The molecule has 0 atom stereocenters. The van der Waals surface area contributed by atoms with Crippen LogP contribution in [-0.4, -0.2) is 19.9 Å². The van der Waals surface area contributed by atoms with Gasteiger partial charge in [0.05, 0.1) is 11.7 Å². The molecule has 23 heavy (non-hydrogen) atoms. The van der Waals surface area contributed by atoms with Gasteiger partial charge in [-0.25, -0.2) is 0 Å². The van der Waals surface area contributed by atoms with E-state index in [1.165, 1.54) is 0 Å². The molecular weight excluding hydrogens is 290 g/mol. The predicted molar refractivity (Wildman–Crippen MR) is 89.8 cm³/mol. The fourth-order valence-electron chi connectivity index (χ4n) is 2.92. The second-order valence-electron chi connectivity index (χ2n) is 5.71. The minimum atomic E-state index is -0.0127. The van der Waals surface area contributed by atoms with Gasteiger partial charge in [0.2, 0.25) is 5.43 Å². The Morgan fingerprint density at radius 2 is 1.83 bits per heavy atom. The van der Waals surface area contributed by atoms with Crippen LogP contribution in [0, 0.1) is 0 Å². The first kappa shape index (κ1) is 13.6. The molecule has 0 bridgehead atoms. The summed E-state index contributed by atoms with van der Waals surface area (Å²) in [5.41, 5.74) is 4.26. The van der Waals surface area contributed by atoms with Crippen LogP contribution in [0.4, 0.5) is 0 Å². The van der Waals surface area contributed by atoms with Crippen LogP contribution in [0.3, 0.4) is 0 Å². The van der Waals surface area contributed by atoms with Crippen molar-refractivity contribution in [2.24, 2.45) is 7.05 Å². The van der Waals surface area contributed by atoms with E-state index in [0.717, 1.165) is 22.2 Å². The Morgan fingerprint density at radius 1 is 1.09 bits per heavy atom. The molecule has 4 aromatic rings. The van der Waals surface area contributed by atoms with Crippen molar-refractivity contribution >= 4 is 21.9 Å². The normalized spacial score (nSPS) is 11.3. The number of aryl methyl sites for hydroxylation is 1. The maximum absolute atomic E-state index is 12.7. The minimum Gasteiger partial charge on any atom is -0.508 e. The van der Waals surface area contributed by atoms with E-state index in [2.05, 4.69) is 10.1 Å². The number of H-pyrrole nitrogens is 1. The minimum absolute atomic E-state index is 0.0127. The summed E-state index contributed by atoms with van der Waals surface area (Å²) in [5.74, 6) is 0.252. The summed E-state index contributed by atoms with van der Waals surface area (Å²) in [4.78, 5) is 16.0. The number of aromatic hydroxyl groups is 1. The van der Waals surface area contributed by atoms with Crippen molar-refractivity contribution < 1.29 is 5.11 Å². The van der Waals surface area contributed by atoms with Crippen LogP contribution in [0.15, 0.2) is 53.5 Å². The fourth-order valence-corrected chi connectivity index (χ4v) is 2.92. The smallest absolute Gasteiger partial charge is 0.215 e. The maximum Gasteiger partial charge on any atom is 0.215 e. The van der Waals surface area contributed by atoms with Gasteiger partial charge in [-0.1, -0.05) is 18.2 Å². The molecule has 5 heteroatoms. The van der Waals surface area contributed by atoms with Gasteiger partial charge < -0.3 is 10.1 Å². The quantitative estimate of drug-likeness (QED) is 0.598. The number of aromatic nitrogens is 3. The third kappa shape index (κ3) is 2.26. The molecular formula is C18H15N3O2. The summed E-state index contributed by atoms with van der Waals surface area (Å²) >= 11 is 0. The molecule has 5 nitrogen and oxygen atoms in total. The molecule has 0 aliphatic heterocycles. The van der Waals surface area contributed by atoms with Crippen LogP contribution in [0.25, 0.3) is 21.9 Å². The lowest BCUT2D eigenvalue weighted by atomic mass is 10.0. The number of nitrogens with one attached hydrogen (secondary N) is 1. The number of hydrogen-bond acceptors (Lipinski definition) is 3. The molecule has 0 saturated heterocycles. The molecule has 0 unspecified atom stereocenters. The zero-order valence-electron chi connectivity index (χ0n) is 12.6. The summed E-state index contributed by atoms with van der Waals surface area (Å²) in [6.45, 7) is 0. The molecule has 114 valence electrons. The third-order valence-corrected chi connectivity index (χ3v) is 4.10. The highest BCUT2D eigenvalue weighted by Gasteiger charge is 2.10. The molecule has 2 aromatic heterocycles. The van der Waals surface area contributed by atoms with Gasteiger partial charge in [-0.05, 0) is 41.8 Å². The van der Waals surface area contributed by atoms with Crippen LogP contribution >= 0.6 is 0 Å². The lowest BCUT2D eigenvalue weighted by Crippen LogP contribution is -2.08. The van der Waals surface area contributed by atoms with Crippen LogP contribution in [0.5, 0.6) is 5.75 Å². The van der Waals surface area contributed by atoms with Crippen LogP contribution < -0.4 is 5.43 Å². The van der Waals surface area contributed by atoms with Gasteiger partial charge in [0.1, 0.15) is 11.3 Å². The van der Waals surface area contributed by atoms with Crippen molar-refractivity contribution in [1.29, 1.82) is 0 Å². The number of pyridine rings is 1. The highest BCUT2D eigenvalue weighted by atomic mass is 16.3. The van der Waals surface area contributed by atoms with Gasteiger partial charge in [0, 0.05) is 18.0 Å². The van der Waals surface area contributed by atoms with Crippen LogP contribution in [-0.2, 0) is 13.5 Å². The summed E-state index contributed by atoms with van der Waals surface area (Å²) in [6.07, 6.45) is 2.37. The van der Waals surface area contributed by atoms with Crippen molar-refractivity contribution in [1.82, 2.24) is 14.8 Å². The Labute approximate surface area is 131 Å². The maximum atomic E-state index is 12.7. The highest BCUT2D eigenvalue weighted by Crippen LogP contribution is 2.18. The van der Waals surface area contributed by atoms with E-state index in [9.17, 15) is 9.90 Å². The molecule has 0 aliphatic carbocycles. The van der Waals surface area contributed by atoms with Crippen molar-refractivity contribution in [3.8, 4) is 5.75 Å². The standard InChI is InChI=1S/C18H15N3O2/c1-21-17-16(10-19-21)20-15-7-4-12(9-14(15)18(17)23)8-11-2-5-13(22)6-3-11/h2-7,9-10,22H,8H2,1H3,(H,20,23). The average molecular weight is 305 g/mol. The molecule has 4 rings (SSSR count). The number of fused-ring (bicyclic) bond motifs is 2. The lowest BCUT2D eigenvalue weighted by molar-refractivity contribution is 0.475. The second kappa shape index (κ2) is 4.98. The first-order valence-corrected chi connectivity index (χ1v) is 7.36. The first-order valence-electron chi connectivity index (χ1n) is 7.36. The van der Waals surface area contributed by atoms with Crippen molar-refractivity contribution in [3.05, 3.63) is 70.0 Å². The number of aromatic amines is 1. The number of phenolic OH excluding ortho intramolecular Hbond substituents is 1. The van der Waals surface area contributed by atoms with Crippen molar-refractivity contribution in [2.45, 2.75) is 6.42 Å². The zero-order chi connectivity index (χ0) is 16.0. The molecule has 2 aromatic carbocycles. The molecule has 0 radical (unpaired) electrons. The molecule has 0 spiro atoms. The number of phenols is 1.